The maximum Gasteiger partial charge on any atom is 0.342 e. The summed E-state index contributed by atoms with van der Waals surface area (Å²) in [6.07, 6.45) is 0. The van der Waals surface area contributed by atoms with Crippen molar-refractivity contribution in [1.29, 1.82) is 0 Å². The highest BCUT2D eigenvalue weighted by Crippen LogP contribution is 2.48. The van der Waals surface area contributed by atoms with Crippen molar-refractivity contribution < 1.29 is 52.6 Å². The molecule has 18 heteroatoms. The van der Waals surface area contributed by atoms with Crippen LogP contribution in [0, 0.1) is 10.1 Å². The second-order valence-corrected chi connectivity index (χ2v) is 9.82. The van der Waals surface area contributed by atoms with Gasteiger partial charge in [-0.05, 0) is 47.9 Å². The molecule has 0 aliphatic carbocycles. The number of fused-ring (bicyclic) bond motifs is 1. The van der Waals surface area contributed by atoms with E-state index < -0.39 is 65.7 Å². The van der Waals surface area contributed by atoms with E-state index in [0.29, 0.717) is 0 Å². The molecule has 5 N–H and O–H groups in total. The number of aromatic carboxylic acids is 2. The number of carboxylic acids is 2. The Bertz CT molecular complexity index is 2010. The molecule has 0 atom stereocenters. The fraction of sp³-hybridized carbons (Fsp3) is 0.0400. The van der Waals surface area contributed by atoms with E-state index in [1.807, 2.05) is 0 Å². The van der Waals surface area contributed by atoms with Crippen molar-refractivity contribution in [3.8, 4) is 17.2 Å². The van der Waals surface area contributed by atoms with Crippen LogP contribution in [0.4, 0.5) is 28.4 Å². The van der Waals surface area contributed by atoms with Gasteiger partial charge >= 0.3 is 11.9 Å². The maximum atomic E-state index is 12.1. The van der Waals surface area contributed by atoms with Crippen LogP contribution >= 0.6 is 0 Å². The van der Waals surface area contributed by atoms with Crippen LogP contribution in [-0.4, -0.2) is 57.4 Å². The van der Waals surface area contributed by atoms with Gasteiger partial charge in [-0.2, -0.15) is 13.5 Å². The van der Waals surface area contributed by atoms with Crippen LogP contribution in [0.15, 0.2) is 79.9 Å². The molecule has 0 amide bonds. The lowest BCUT2D eigenvalue weighted by atomic mass is 10.1. The number of azo groups is 2. The number of carbonyl (C=O) groups is 2. The third-order valence-electron chi connectivity index (χ3n) is 5.82. The minimum Gasteiger partial charge on any atom is -0.505 e. The average molecular weight is 612 g/mol. The number of nitrogens with zero attached hydrogens (tertiary/aromatic N) is 5. The summed E-state index contributed by atoms with van der Waals surface area (Å²) in [5.74, 6) is -4.51. The van der Waals surface area contributed by atoms with Crippen LogP contribution in [0.3, 0.4) is 0 Å². The van der Waals surface area contributed by atoms with Gasteiger partial charge in [-0.1, -0.05) is 6.07 Å². The summed E-state index contributed by atoms with van der Waals surface area (Å²) < 4.78 is 39.0. The SMILES string of the molecule is COc1ccc(N=Nc2ccc3cc(S(=O)(=O)O)c(N=Nc4ccc([N+](=O)[O-])c(C(=O)O)c4)c(O)c3c2O)c(C(=O)O)c1. The molecule has 0 heterocycles. The lowest BCUT2D eigenvalue weighted by Gasteiger charge is -2.11. The molecule has 0 aliphatic heterocycles. The van der Waals surface area contributed by atoms with Crippen molar-refractivity contribution in [2.24, 2.45) is 20.5 Å². The van der Waals surface area contributed by atoms with Gasteiger partial charge in [0.05, 0.1) is 28.7 Å². The summed E-state index contributed by atoms with van der Waals surface area (Å²) in [7, 11) is -3.73. The minimum atomic E-state index is -5.07. The largest absolute Gasteiger partial charge is 0.505 e. The molecule has 0 aliphatic rings. The first-order valence-electron chi connectivity index (χ1n) is 11.5. The summed E-state index contributed by atoms with van der Waals surface area (Å²) >= 11 is 0. The first kappa shape index (κ1) is 30.0. The molecule has 0 unspecified atom stereocenters. The normalized spacial score (nSPS) is 11.8. The van der Waals surface area contributed by atoms with Gasteiger partial charge in [-0.25, -0.2) is 9.59 Å². The van der Waals surface area contributed by atoms with E-state index in [1.165, 1.54) is 37.4 Å². The van der Waals surface area contributed by atoms with Gasteiger partial charge < -0.3 is 25.2 Å². The van der Waals surface area contributed by atoms with E-state index in [2.05, 4.69) is 20.5 Å². The number of nitro benzene ring substituents is 1. The van der Waals surface area contributed by atoms with Crippen molar-refractivity contribution in [3.05, 3.63) is 75.8 Å². The number of nitro groups is 1. The fourth-order valence-corrected chi connectivity index (χ4v) is 4.47. The number of benzene rings is 4. The standard InChI is InChI=1S/C25H17N5O12S/c1-42-13-4-6-16(14(10-13)24(33)34)27-28-17-5-2-11-8-19(43(39,40)41)21(23(32)20(11)22(17)31)29-26-12-3-7-18(30(37)38)15(9-12)25(35)36/h2-10,31-32H,1H3,(H,33,34)(H,35,36)(H,39,40,41). The van der Waals surface area contributed by atoms with Gasteiger partial charge in [-0.15, -0.1) is 15.3 Å². The number of hydrogen-bond acceptors (Lipinski definition) is 13. The predicted molar refractivity (Wildman–Crippen MR) is 145 cm³/mol. The Morgan fingerprint density at radius 2 is 1.49 bits per heavy atom. The fourth-order valence-electron chi connectivity index (χ4n) is 3.82. The Kier molecular flexibility index (Phi) is 7.99. The zero-order chi connectivity index (χ0) is 31.6. The molecular formula is C25H17N5O12S. The summed E-state index contributed by atoms with van der Waals surface area (Å²) in [5, 5.41) is 66.1. The number of hydrogen-bond donors (Lipinski definition) is 5. The first-order valence-corrected chi connectivity index (χ1v) is 12.9. The number of carboxylic acid groups (broad SMARTS) is 2. The molecule has 0 radical (unpaired) electrons. The maximum absolute atomic E-state index is 12.1. The molecule has 220 valence electrons. The summed E-state index contributed by atoms with van der Waals surface area (Å²) in [5.41, 5.74) is -3.37. The van der Waals surface area contributed by atoms with Gasteiger partial charge in [0.1, 0.15) is 33.3 Å². The van der Waals surface area contributed by atoms with Crippen LogP contribution in [-0.2, 0) is 10.1 Å². The average Bonchev–Trinajstić information content (AvgIpc) is 2.95. The highest BCUT2D eigenvalue weighted by atomic mass is 32.2. The van der Waals surface area contributed by atoms with Crippen LogP contribution in [0.2, 0.25) is 0 Å². The molecular weight excluding hydrogens is 594 g/mol. The zero-order valence-corrected chi connectivity index (χ0v) is 22.3. The number of methoxy groups -OCH3 is 1. The summed E-state index contributed by atoms with van der Waals surface area (Å²) in [4.78, 5) is 32.2. The van der Waals surface area contributed by atoms with Gasteiger partial charge in [0.15, 0.2) is 11.5 Å². The van der Waals surface area contributed by atoms with E-state index in [9.17, 15) is 53.1 Å². The van der Waals surface area contributed by atoms with Gasteiger partial charge in [0, 0.05) is 6.07 Å². The van der Waals surface area contributed by atoms with Crippen LogP contribution < -0.4 is 4.74 Å². The van der Waals surface area contributed by atoms with Crippen LogP contribution in [0.25, 0.3) is 10.8 Å². The smallest absolute Gasteiger partial charge is 0.342 e. The highest BCUT2D eigenvalue weighted by Gasteiger charge is 2.25. The lowest BCUT2D eigenvalue weighted by Crippen LogP contribution is -2.02. The molecule has 0 saturated heterocycles. The van der Waals surface area contributed by atoms with E-state index in [4.69, 9.17) is 4.74 Å². The molecule has 4 rings (SSSR count). The summed E-state index contributed by atoms with van der Waals surface area (Å²) in [6.45, 7) is 0. The van der Waals surface area contributed by atoms with Crippen molar-refractivity contribution in [1.82, 2.24) is 0 Å². The molecule has 0 fully saturated rings. The molecule has 43 heavy (non-hydrogen) atoms. The Morgan fingerprint density at radius 1 is 0.837 bits per heavy atom. The second kappa shape index (κ2) is 11.5. The van der Waals surface area contributed by atoms with E-state index in [0.717, 1.165) is 24.3 Å². The molecule has 17 nitrogen and oxygen atoms in total. The molecule has 4 aromatic rings. The monoisotopic (exact) mass is 611 g/mol. The number of rotatable bonds is 9. The molecule has 0 bridgehead atoms. The number of phenolic OH excluding ortho intramolecular Hbond substituents is 2. The third-order valence-corrected chi connectivity index (χ3v) is 6.69. The van der Waals surface area contributed by atoms with Crippen molar-refractivity contribution in [2.75, 3.05) is 7.11 Å². The van der Waals surface area contributed by atoms with Gasteiger partial charge in [0.25, 0.3) is 15.8 Å². The quantitative estimate of drug-likeness (QED) is 0.0665. The number of aromatic hydroxyl groups is 2. The molecule has 4 aromatic carbocycles. The number of phenols is 2. The van der Waals surface area contributed by atoms with Crippen LogP contribution in [0.1, 0.15) is 20.7 Å². The Balaban J connectivity index is 1.86. The third kappa shape index (κ3) is 6.04. The van der Waals surface area contributed by atoms with Crippen molar-refractivity contribution in [3.63, 3.8) is 0 Å². The molecule has 0 aromatic heterocycles. The van der Waals surface area contributed by atoms with E-state index in [-0.39, 0.29) is 33.8 Å². The second-order valence-electron chi connectivity index (χ2n) is 8.43. The minimum absolute atomic E-state index is 0.111. The predicted octanol–water partition coefficient (Wildman–Crippen LogP) is 5.64. The van der Waals surface area contributed by atoms with Crippen LogP contribution in [0.5, 0.6) is 17.2 Å². The Labute approximate surface area is 239 Å². The zero-order valence-electron chi connectivity index (χ0n) is 21.4. The number of ether oxygens (including phenoxy) is 1. The Morgan fingerprint density at radius 3 is 2.09 bits per heavy atom. The lowest BCUT2D eigenvalue weighted by molar-refractivity contribution is -0.385. The molecule has 0 spiro atoms. The van der Waals surface area contributed by atoms with Gasteiger partial charge in [0.2, 0.25) is 0 Å². The van der Waals surface area contributed by atoms with E-state index in [1.54, 1.807) is 0 Å². The topological polar surface area (TPSA) is 271 Å². The highest BCUT2D eigenvalue weighted by molar-refractivity contribution is 7.86. The van der Waals surface area contributed by atoms with E-state index >= 15 is 0 Å². The summed E-state index contributed by atoms with van der Waals surface area (Å²) in [6, 6.07) is 9.74. The Hall–Kier alpha value is -6.01. The molecule has 0 saturated carbocycles. The van der Waals surface area contributed by atoms with Crippen molar-refractivity contribution in [2.45, 2.75) is 4.90 Å². The van der Waals surface area contributed by atoms with Crippen molar-refractivity contribution >= 4 is 61.3 Å². The first-order chi connectivity index (χ1) is 20.2. The van der Waals surface area contributed by atoms with Gasteiger partial charge in [-0.3, -0.25) is 14.7 Å².